The molecule has 2 aliphatic rings. The van der Waals surface area contributed by atoms with Gasteiger partial charge in [-0.1, -0.05) is 94.8 Å². The molecule has 0 radical (unpaired) electrons. The normalized spacial score (nSPS) is 23.8. The molecule has 4 rings (SSSR count). The van der Waals surface area contributed by atoms with Gasteiger partial charge in [-0.3, -0.25) is 0 Å². The molecule has 3 heteroatoms. The zero-order chi connectivity index (χ0) is 27.5. The molecule has 2 aromatic rings. The highest BCUT2D eigenvalue weighted by Gasteiger charge is 2.31. The third kappa shape index (κ3) is 9.10. The van der Waals surface area contributed by atoms with Crippen LogP contribution >= 0.6 is 12.2 Å². The van der Waals surface area contributed by atoms with Crippen LogP contribution in [0.4, 0.5) is 0 Å². The Balaban J connectivity index is 1.26. The summed E-state index contributed by atoms with van der Waals surface area (Å²) in [5.41, 5.74) is 7.28. The minimum Gasteiger partial charge on any atom is -0.304 e. The average molecular weight is 550 g/mol. The van der Waals surface area contributed by atoms with Gasteiger partial charge in [-0.25, -0.2) is 4.31 Å². The van der Waals surface area contributed by atoms with Crippen LogP contribution in [0.3, 0.4) is 0 Å². The van der Waals surface area contributed by atoms with E-state index in [1.54, 1.807) is 12.7 Å². The van der Waals surface area contributed by atoms with Gasteiger partial charge in [0.1, 0.15) is 0 Å². The van der Waals surface area contributed by atoms with E-state index in [0.29, 0.717) is 0 Å². The Morgan fingerprint density at radius 3 is 2.15 bits per heavy atom. The van der Waals surface area contributed by atoms with Crippen molar-refractivity contribution >= 4 is 12.2 Å². The van der Waals surface area contributed by atoms with Crippen molar-refractivity contribution < 1.29 is 4.18 Å². The molecule has 0 saturated heterocycles. The smallest absolute Gasteiger partial charge is 0.0813 e. The van der Waals surface area contributed by atoms with E-state index in [-0.39, 0.29) is 0 Å². The number of hydrogen-bond acceptors (Lipinski definition) is 3. The first-order valence-electron chi connectivity index (χ1n) is 16.2. The first kappa shape index (κ1) is 30.7. The van der Waals surface area contributed by atoms with Gasteiger partial charge in [0.15, 0.2) is 0 Å². The number of unbranched alkanes of at least 4 members (excludes halogenated alkanes) is 2. The molecule has 0 unspecified atom stereocenters. The summed E-state index contributed by atoms with van der Waals surface area (Å²) in [5.74, 6) is 3.83. The third-order valence-electron chi connectivity index (χ3n) is 9.93. The lowest BCUT2D eigenvalue weighted by molar-refractivity contribution is 0.155. The van der Waals surface area contributed by atoms with Crippen molar-refractivity contribution in [2.24, 2.45) is 17.8 Å². The van der Waals surface area contributed by atoms with Gasteiger partial charge < -0.3 is 4.18 Å². The van der Waals surface area contributed by atoms with Gasteiger partial charge in [-0.15, -0.1) is 0 Å². The molecule has 0 amide bonds. The molecule has 2 fully saturated rings. The molecule has 2 saturated carbocycles. The first-order valence-corrected chi connectivity index (χ1v) is 16.9. The summed E-state index contributed by atoms with van der Waals surface area (Å²) >= 11 is 1.43. The third-order valence-corrected chi connectivity index (χ3v) is 10.5. The fraction of sp³-hybridized carbons (Fsp3) is 0.667. The number of benzene rings is 2. The van der Waals surface area contributed by atoms with Crippen LogP contribution in [0.2, 0.25) is 0 Å². The minimum absolute atomic E-state index is 0.767. The Labute approximate surface area is 245 Å². The number of aryl methyl sites for hydroxylation is 2. The lowest BCUT2D eigenvalue weighted by Crippen LogP contribution is -2.25. The quantitative estimate of drug-likeness (QED) is 0.132. The van der Waals surface area contributed by atoms with E-state index in [0.717, 1.165) is 49.5 Å². The predicted molar refractivity (Wildman–Crippen MR) is 171 cm³/mol. The van der Waals surface area contributed by atoms with E-state index in [9.17, 15) is 0 Å². The topological polar surface area (TPSA) is 12.5 Å². The molecule has 0 atom stereocenters. The predicted octanol–water partition coefficient (Wildman–Crippen LogP) is 10.7. The maximum atomic E-state index is 5.14. The van der Waals surface area contributed by atoms with Crippen LogP contribution in [0, 0.1) is 17.8 Å². The van der Waals surface area contributed by atoms with Crippen LogP contribution in [-0.4, -0.2) is 25.0 Å². The largest absolute Gasteiger partial charge is 0.304 e. The van der Waals surface area contributed by atoms with Gasteiger partial charge in [-0.2, -0.15) is 0 Å². The Bertz CT molecular complexity index is 957. The summed E-state index contributed by atoms with van der Waals surface area (Å²) in [6.07, 6.45) is 20.9. The van der Waals surface area contributed by atoms with Crippen LogP contribution in [0.25, 0.3) is 11.1 Å². The SMILES string of the molecule is CCCCCC1CCC(C2CCC(c3ccc(-c4ccc(CCCN(C)SOC)cc4CC)cc3)CC2)CC1. The van der Waals surface area contributed by atoms with E-state index in [1.807, 2.05) is 0 Å². The van der Waals surface area contributed by atoms with Crippen LogP contribution in [-0.2, 0) is 17.0 Å². The van der Waals surface area contributed by atoms with Gasteiger partial charge in [0.25, 0.3) is 0 Å². The van der Waals surface area contributed by atoms with Crippen molar-refractivity contribution in [2.45, 2.75) is 116 Å². The van der Waals surface area contributed by atoms with Crippen molar-refractivity contribution in [2.75, 3.05) is 20.7 Å². The summed E-state index contributed by atoms with van der Waals surface area (Å²) in [6, 6.07) is 16.8. The molecule has 2 nitrogen and oxygen atoms in total. The Hall–Kier alpha value is -1.29. The number of hydrogen-bond donors (Lipinski definition) is 0. The van der Waals surface area contributed by atoms with Crippen molar-refractivity contribution in [3.8, 4) is 11.1 Å². The molecule has 0 heterocycles. The lowest BCUT2D eigenvalue weighted by Gasteiger charge is -2.38. The molecule has 0 aliphatic heterocycles. The maximum absolute atomic E-state index is 5.14. The molecular weight excluding hydrogens is 494 g/mol. The Kier molecular flexibility index (Phi) is 12.8. The van der Waals surface area contributed by atoms with Gasteiger partial charge in [0, 0.05) is 6.54 Å². The molecule has 2 aromatic carbocycles. The molecule has 39 heavy (non-hydrogen) atoms. The molecule has 2 aliphatic carbocycles. The monoisotopic (exact) mass is 549 g/mol. The van der Waals surface area contributed by atoms with E-state index in [1.165, 1.54) is 112 Å². The minimum atomic E-state index is 0.767. The van der Waals surface area contributed by atoms with Crippen LogP contribution < -0.4 is 0 Å². The van der Waals surface area contributed by atoms with E-state index in [2.05, 4.69) is 67.7 Å². The van der Waals surface area contributed by atoms with Gasteiger partial charge in [0.05, 0.1) is 19.3 Å². The second-order valence-corrected chi connectivity index (χ2v) is 13.7. The van der Waals surface area contributed by atoms with Crippen molar-refractivity contribution in [1.82, 2.24) is 4.31 Å². The molecule has 0 bridgehead atoms. The van der Waals surface area contributed by atoms with E-state index in [4.69, 9.17) is 4.18 Å². The van der Waals surface area contributed by atoms with E-state index < -0.39 is 0 Å². The summed E-state index contributed by atoms with van der Waals surface area (Å²) in [6.45, 7) is 5.65. The maximum Gasteiger partial charge on any atom is 0.0813 e. The van der Waals surface area contributed by atoms with Crippen LogP contribution in [0.15, 0.2) is 42.5 Å². The highest BCUT2D eigenvalue weighted by Crippen LogP contribution is 2.44. The summed E-state index contributed by atoms with van der Waals surface area (Å²) in [4.78, 5) is 0. The van der Waals surface area contributed by atoms with Crippen molar-refractivity contribution in [3.05, 3.63) is 59.2 Å². The number of nitrogens with zero attached hydrogens (tertiary/aromatic N) is 1. The Morgan fingerprint density at radius 1 is 0.821 bits per heavy atom. The summed E-state index contributed by atoms with van der Waals surface area (Å²) in [7, 11) is 3.82. The molecular formula is C36H55NOS. The fourth-order valence-corrected chi connectivity index (χ4v) is 8.00. The zero-order valence-electron chi connectivity index (χ0n) is 25.4. The average Bonchev–Trinajstić information content (AvgIpc) is 2.98. The van der Waals surface area contributed by atoms with Gasteiger partial charge >= 0.3 is 0 Å². The van der Waals surface area contributed by atoms with E-state index >= 15 is 0 Å². The van der Waals surface area contributed by atoms with Crippen LogP contribution in [0.5, 0.6) is 0 Å². The Morgan fingerprint density at radius 2 is 1.51 bits per heavy atom. The van der Waals surface area contributed by atoms with Crippen molar-refractivity contribution in [3.63, 3.8) is 0 Å². The second-order valence-electron chi connectivity index (χ2n) is 12.6. The first-order chi connectivity index (χ1) is 19.1. The lowest BCUT2D eigenvalue weighted by atomic mass is 9.68. The van der Waals surface area contributed by atoms with Gasteiger partial charge in [0.2, 0.25) is 0 Å². The zero-order valence-corrected chi connectivity index (χ0v) is 26.2. The molecule has 0 spiro atoms. The van der Waals surface area contributed by atoms with Crippen molar-refractivity contribution in [1.29, 1.82) is 0 Å². The highest BCUT2D eigenvalue weighted by molar-refractivity contribution is 7.92. The molecule has 0 aromatic heterocycles. The van der Waals surface area contributed by atoms with Crippen LogP contribution in [0.1, 0.15) is 120 Å². The molecule has 216 valence electrons. The van der Waals surface area contributed by atoms with Gasteiger partial charge in [-0.05, 0) is 116 Å². The number of rotatable bonds is 14. The standard InChI is InChI=1S/C36H55NOS/c1-5-7-8-10-28-12-15-31(16-13-28)32-17-19-33(20-18-32)34-21-23-35(24-22-34)36-25-14-29(27-30(36)6-2)11-9-26-37(3)39-38-4/h14,21-25,27-28,31-33H,5-13,15-20,26H2,1-4H3. The fourth-order valence-electron chi connectivity index (χ4n) is 7.54. The second kappa shape index (κ2) is 16.2. The summed E-state index contributed by atoms with van der Waals surface area (Å²) in [5, 5.41) is 0. The highest BCUT2D eigenvalue weighted by atomic mass is 32.2. The summed E-state index contributed by atoms with van der Waals surface area (Å²) < 4.78 is 7.30. The molecule has 0 N–H and O–H groups in total.